The van der Waals surface area contributed by atoms with Crippen LogP contribution in [0.1, 0.15) is 63.3 Å². The number of thioether (sulfide) groups is 1. The van der Waals surface area contributed by atoms with Crippen LogP contribution in [0, 0.1) is 6.92 Å². The molecular weight excluding hydrogens is 653 g/mol. The van der Waals surface area contributed by atoms with Crippen molar-refractivity contribution >= 4 is 35.1 Å². The Labute approximate surface area is 294 Å². The molecule has 0 saturated carbocycles. The molecule has 5 aromatic rings. The Balaban J connectivity index is 1.51. The predicted octanol–water partition coefficient (Wildman–Crippen LogP) is 7.25. The number of rotatable bonds is 11. The quantitative estimate of drug-likeness (QED) is 0.0824. The standard InChI is InChI=1S/C39H40N4O4S2/c1-7-8-20-46-32-19-16-28(21-25(32)4)35-29(23-42(41-35)30-12-10-9-11-13-30)22-33-37(44)43-36(27-14-17-31(48-6)18-15-27)34(38(45)47-24(2)3)26(5)40-39(43)49-33/h9-19,21-24,36H,7-8,20H2,1-6H3. The van der Waals surface area contributed by atoms with E-state index in [4.69, 9.17) is 19.6 Å². The fraction of sp³-hybridized carbons (Fsp3) is 0.282. The van der Waals surface area contributed by atoms with Crippen LogP contribution in [0.4, 0.5) is 0 Å². The Morgan fingerprint density at radius 3 is 2.49 bits per heavy atom. The van der Waals surface area contributed by atoms with Crippen LogP contribution in [0.15, 0.2) is 105 Å². The van der Waals surface area contributed by atoms with E-state index in [2.05, 4.69) is 13.0 Å². The average molecular weight is 693 g/mol. The molecule has 8 nitrogen and oxygen atoms in total. The summed E-state index contributed by atoms with van der Waals surface area (Å²) >= 11 is 2.93. The van der Waals surface area contributed by atoms with Gasteiger partial charge in [-0.25, -0.2) is 14.5 Å². The van der Waals surface area contributed by atoms with Crippen molar-refractivity contribution in [1.29, 1.82) is 0 Å². The van der Waals surface area contributed by atoms with Gasteiger partial charge in [-0.05, 0) is 100 Å². The number of carbonyl (C=O) groups excluding carboxylic acids is 1. The van der Waals surface area contributed by atoms with Gasteiger partial charge < -0.3 is 9.47 Å². The van der Waals surface area contributed by atoms with Crippen molar-refractivity contribution in [3.8, 4) is 22.7 Å². The van der Waals surface area contributed by atoms with Gasteiger partial charge in [0.15, 0.2) is 4.80 Å². The van der Waals surface area contributed by atoms with E-state index < -0.39 is 12.0 Å². The van der Waals surface area contributed by atoms with E-state index in [1.165, 1.54) is 11.3 Å². The average Bonchev–Trinajstić information content (AvgIpc) is 3.65. The molecule has 0 aliphatic carbocycles. The van der Waals surface area contributed by atoms with Gasteiger partial charge in [0.05, 0.1) is 40.2 Å². The van der Waals surface area contributed by atoms with Crippen LogP contribution in [0.5, 0.6) is 5.75 Å². The Morgan fingerprint density at radius 2 is 1.82 bits per heavy atom. The van der Waals surface area contributed by atoms with Crippen LogP contribution in [-0.2, 0) is 9.53 Å². The summed E-state index contributed by atoms with van der Waals surface area (Å²) in [4.78, 5) is 34.3. The summed E-state index contributed by atoms with van der Waals surface area (Å²) in [7, 11) is 0. The topological polar surface area (TPSA) is 87.7 Å². The number of benzene rings is 3. The molecule has 0 saturated heterocycles. The number of aromatic nitrogens is 3. The fourth-order valence-electron chi connectivity index (χ4n) is 5.82. The predicted molar refractivity (Wildman–Crippen MR) is 197 cm³/mol. The van der Waals surface area contributed by atoms with E-state index in [1.54, 1.807) is 23.3 Å². The largest absolute Gasteiger partial charge is 0.493 e. The van der Waals surface area contributed by atoms with E-state index >= 15 is 0 Å². The number of unbranched alkanes of at least 4 members (excludes halogenated alkanes) is 1. The van der Waals surface area contributed by atoms with Gasteiger partial charge >= 0.3 is 5.97 Å². The van der Waals surface area contributed by atoms with Gasteiger partial charge in [-0.1, -0.05) is 55.0 Å². The Morgan fingerprint density at radius 1 is 1.06 bits per heavy atom. The third kappa shape index (κ3) is 7.21. The number of para-hydroxylation sites is 1. The molecular formula is C39H40N4O4S2. The van der Waals surface area contributed by atoms with E-state index in [0.717, 1.165) is 57.1 Å². The van der Waals surface area contributed by atoms with Gasteiger partial charge in [-0.3, -0.25) is 9.36 Å². The van der Waals surface area contributed by atoms with E-state index in [1.807, 2.05) is 111 Å². The van der Waals surface area contributed by atoms with E-state index in [-0.39, 0.29) is 11.7 Å². The highest BCUT2D eigenvalue weighted by atomic mass is 32.2. The third-order valence-corrected chi connectivity index (χ3v) is 10.00. The summed E-state index contributed by atoms with van der Waals surface area (Å²) in [5.41, 5.74) is 5.81. The number of ether oxygens (including phenoxy) is 2. The Kier molecular flexibility index (Phi) is 10.4. The highest BCUT2D eigenvalue weighted by Gasteiger charge is 2.34. The molecule has 0 radical (unpaired) electrons. The van der Waals surface area contributed by atoms with Crippen LogP contribution in [0.3, 0.4) is 0 Å². The summed E-state index contributed by atoms with van der Waals surface area (Å²) in [6, 6.07) is 23.2. The number of hydrogen-bond acceptors (Lipinski definition) is 8. The van der Waals surface area contributed by atoms with Crippen molar-refractivity contribution in [2.45, 2.75) is 64.5 Å². The van der Waals surface area contributed by atoms with E-state index in [0.29, 0.717) is 27.2 Å². The zero-order chi connectivity index (χ0) is 34.7. The monoisotopic (exact) mass is 692 g/mol. The van der Waals surface area contributed by atoms with Gasteiger partial charge in [0.2, 0.25) is 0 Å². The molecule has 0 spiro atoms. The molecule has 6 rings (SSSR count). The second-order valence-electron chi connectivity index (χ2n) is 12.2. The maximum atomic E-state index is 14.4. The molecule has 3 aromatic carbocycles. The van der Waals surface area contributed by atoms with Crippen LogP contribution < -0.4 is 19.6 Å². The molecule has 252 valence electrons. The summed E-state index contributed by atoms with van der Waals surface area (Å²) in [6.45, 7) is 10.3. The molecule has 0 N–H and O–H groups in total. The normalized spacial score (nSPS) is 14.6. The summed E-state index contributed by atoms with van der Waals surface area (Å²) in [6.07, 6.45) is 7.58. The lowest BCUT2D eigenvalue weighted by molar-refractivity contribution is -0.143. The zero-order valence-electron chi connectivity index (χ0n) is 28.6. The van der Waals surface area contributed by atoms with Crippen molar-refractivity contribution in [2.75, 3.05) is 12.9 Å². The summed E-state index contributed by atoms with van der Waals surface area (Å²) in [5.74, 6) is 0.371. The first kappa shape index (κ1) is 34.2. The van der Waals surface area contributed by atoms with E-state index in [9.17, 15) is 9.59 Å². The number of thiazole rings is 1. The zero-order valence-corrected chi connectivity index (χ0v) is 30.2. The smallest absolute Gasteiger partial charge is 0.338 e. The van der Waals surface area contributed by atoms with Crippen molar-refractivity contribution < 1.29 is 14.3 Å². The second-order valence-corrected chi connectivity index (χ2v) is 14.1. The van der Waals surface area contributed by atoms with Crippen LogP contribution >= 0.6 is 23.1 Å². The molecule has 1 atom stereocenters. The number of nitrogens with zero attached hydrogens (tertiary/aromatic N) is 4. The molecule has 2 aromatic heterocycles. The van der Waals surface area contributed by atoms with Gasteiger partial charge in [-0.2, -0.15) is 5.10 Å². The summed E-state index contributed by atoms with van der Waals surface area (Å²) in [5, 5.41) is 5.00. The minimum absolute atomic E-state index is 0.237. The number of carbonyl (C=O) groups is 1. The SMILES string of the molecule is CCCCOc1ccc(-c2nn(-c3ccccc3)cc2C=c2sc3n(c2=O)C(c2ccc(SC)cc2)C(C(=O)OC(C)C)=C(C)N=3)cc1C. The lowest BCUT2D eigenvalue weighted by Crippen LogP contribution is -2.40. The number of allylic oxidation sites excluding steroid dienone is 1. The fourth-order valence-corrected chi connectivity index (χ4v) is 7.26. The maximum absolute atomic E-state index is 14.4. The molecule has 1 aliphatic heterocycles. The van der Waals surface area contributed by atoms with Crippen molar-refractivity contribution in [3.63, 3.8) is 0 Å². The molecule has 0 bridgehead atoms. The number of aryl methyl sites for hydroxylation is 1. The number of esters is 1. The van der Waals surface area contributed by atoms with Crippen molar-refractivity contribution in [3.05, 3.63) is 127 Å². The maximum Gasteiger partial charge on any atom is 0.338 e. The number of hydrogen-bond donors (Lipinski definition) is 0. The van der Waals surface area contributed by atoms with Crippen LogP contribution in [0.25, 0.3) is 23.0 Å². The van der Waals surface area contributed by atoms with Crippen molar-refractivity contribution in [2.24, 2.45) is 4.99 Å². The van der Waals surface area contributed by atoms with Gasteiger partial charge in [0.25, 0.3) is 5.56 Å². The lowest BCUT2D eigenvalue weighted by atomic mass is 9.96. The molecule has 3 heterocycles. The molecule has 10 heteroatoms. The minimum Gasteiger partial charge on any atom is -0.493 e. The molecule has 1 aliphatic rings. The molecule has 1 unspecified atom stereocenters. The molecule has 49 heavy (non-hydrogen) atoms. The first-order valence-electron chi connectivity index (χ1n) is 16.4. The minimum atomic E-state index is -0.685. The second kappa shape index (κ2) is 14.8. The molecule has 0 amide bonds. The number of fused-ring (bicyclic) bond motifs is 1. The highest BCUT2D eigenvalue weighted by molar-refractivity contribution is 7.98. The van der Waals surface area contributed by atoms with Gasteiger partial charge in [-0.15, -0.1) is 11.8 Å². The summed E-state index contributed by atoms with van der Waals surface area (Å²) < 4.78 is 15.6. The first-order valence-corrected chi connectivity index (χ1v) is 18.5. The lowest BCUT2D eigenvalue weighted by Gasteiger charge is -2.25. The first-order chi connectivity index (χ1) is 23.7. The Bertz CT molecular complexity index is 2200. The van der Waals surface area contributed by atoms with Crippen LogP contribution in [-0.4, -0.2) is 39.3 Å². The van der Waals surface area contributed by atoms with Crippen LogP contribution in [0.2, 0.25) is 0 Å². The highest BCUT2D eigenvalue weighted by Crippen LogP contribution is 2.33. The molecule has 0 fully saturated rings. The Hall–Kier alpha value is -4.67. The van der Waals surface area contributed by atoms with Crippen molar-refractivity contribution in [1.82, 2.24) is 14.3 Å². The van der Waals surface area contributed by atoms with Gasteiger partial charge in [0, 0.05) is 22.2 Å². The third-order valence-electron chi connectivity index (χ3n) is 8.27. The van der Waals surface area contributed by atoms with Gasteiger partial charge in [0.1, 0.15) is 11.4 Å².